The predicted molar refractivity (Wildman–Crippen MR) is 141 cm³/mol. The van der Waals surface area contributed by atoms with Gasteiger partial charge in [-0.25, -0.2) is 14.8 Å². The SMILES string of the molecule is CC(N)C(=O)Nc1ccc(-c2ccnc(Nc3ccc(CCN4CCN(C(N)=O)CC4)cc3)n2)cc1. The lowest BCUT2D eigenvalue weighted by molar-refractivity contribution is -0.117. The molecule has 36 heavy (non-hydrogen) atoms. The summed E-state index contributed by atoms with van der Waals surface area (Å²) >= 11 is 0. The topological polar surface area (TPSA) is 142 Å². The third-order valence-corrected chi connectivity index (χ3v) is 6.13. The summed E-state index contributed by atoms with van der Waals surface area (Å²) in [5, 5.41) is 6.03. The van der Waals surface area contributed by atoms with E-state index in [0.717, 1.165) is 43.0 Å². The number of carbonyl (C=O) groups excluding carboxylic acids is 2. The first-order valence-electron chi connectivity index (χ1n) is 12.0. The van der Waals surface area contributed by atoms with Crippen molar-refractivity contribution in [3.63, 3.8) is 0 Å². The van der Waals surface area contributed by atoms with Gasteiger partial charge < -0.3 is 27.0 Å². The number of aromatic nitrogens is 2. The highest BCUT2D eigenvalue weighted by Gasteiger charge is 2.18. The number of nitrogens with zero attached hydrogens (tertiary/aromatic N) is 4. The van der Waals surface area contributed by atoms with Crippen LogP contribution in [0.3, 0.4) is 0 Å². The second kappa shape index (κ2) is 11.6. The summed E-state index contributed by atoms with van der Waals surface area (Å²) < 4.78 is 0. The molecule has 0 saturated carbocycles. The number of hydrogen-bond donors (Lipinski definition) is 4. The van der Waals surface area contributed by atoms with Crippen LogP contribution in [0.25, 0.3) is 11.3 Å². The number of urea groups is 1. The van der Waals surface area contributed by atoms with Crippen molar-refractivity contribution in [1.82, 2.24) is 19.8 Å². The molecule has 2 aromatic carbocycles. The van der Waals surface area contributed by atoms with E-state index in [1.165, 1.54) is 5.56 Å². The van der Waals surface area contributed by atoms with Gasteiger partial charge in [-0.05, 0) is 49.2 Å². The van der Waals surface area contributed by atoms with E-state index in [-0.39, 0.29) is 11.9 Å². The molecular formula is C26H32N8O2. The number of hydrogen-bond acceptors (Lipinski definition) is 7. The summed E-state index contributed by atoms with van der Waals surface area (Å²) in [5.74, 6) is 0.271. The molecule has 1 aliphatic heterocycles. The van der Waals surface area contributed by atoms with Crippen molar-refractivity contribution < 1.29 is 9.59 Å². The smallest absolute Gasteiger partial charge is 0.314 e. The van der Waals surface area contributed by atoms with E-state index >= 15 is 0 Å². The summed E-state index contributed by atoms with van der Waals surface area (Å²) in [6.07, 6.45) is 2.65. The number of nitrogens with two attached hydrogens (primary N) is 2. The summed E-state index contributed by atoms with van der Waals surface area (Å²) in [4.78, 5) is 36.0. The van der Waals surface area contributed by atoms with Crippen molar-refractivity contribution in [3.05, 3.63) is 66.4 Å². The van der Waals surface area contributed by atoms with E-state index < -0.39 is 6.04 Å². The van der Waals surface area contributed by atoms with Gasteiger partial charge in [0.15, 0.2) is 0 Å². The van der Waals surface area contributed by atoms with Crippen LogP contribution in [0.1, 0.15) is 12.5 Å². The second-order valence-corrected chi connectivity index (χ2v) is 8.86. The molecule has 1 atom stereocenters. The lowest BCUT2D eigenvalue weighted by Gasteiger charge is -2.33. The van der Waals surface area contributed by atoms with E-state index in [1.54, 1.807) is 18.0 Å². The fourth-order valence-electron chi connectivity index (χ4n) is 3.92. The van der Waals surface area contributed by atoms with Crippen LogP contribution in [0.15, 0.2) is 60.8 Å². The Morgan fingerprint density at radius 2 is 1.64 bits per heavy atom. The highest BCUT2D eigenvalue weighted by molar-refractivity contribution is 5.94. The third kappa shape index (κ3) is 6.77. The Morgan fingerprint density at radius 1 is 0.972 bits per heavy atom. The maximum atomic E-state index is 11.8. The fraction of sp³-hybridized carbons (Fsp3) is 0.308. The zero-order valence-corrected chi connectivity index (χ0v) is 20.4. The lowest BCUT2D eigenvalue weighted by Crippen LogP contribution is -2.50. The van der Waals surface area contributed by atoms with E-state index in [0.29, 0.717) is 24.7 Å². The normalized spacial score (nSPS) is 14.8. The fourth-order valence-corrected chi connectivity index (χ4v) is 3.92. The third-order valence-electron chi connectivity index (χ3n) is 6.13. The van der Waals surface area contributed by atoms with Crippen molar-refractivity contribution in [2.45, 2.75) is 19.4 Å². The molecule has 1 aliphatic rings. The maximum Gasteiger partial charge on any atom is 0.314 e. The van der Waals surface area contributed by atoms with Crippen LogP contribution < -0.4 is 22.1 Å². The highest BCUT2D eigenvalue weighted by atomic mass is 16.2. The molecule has 1 aromatic heterocycles. The number of rotatable bonds is 8. The molecule has 6 N–H and O–H groups in total. The Kier molecular flexibility index (Phi) is 8.09. The van der Waals surface area contributed by atoms with E-state index in [2.05, 4.69) is 37.6 Å². The van der Waals surface area contributed by atoms with Crippen LogP contribution >= 0.6 is 0 Å². The van der Waals surface area contributed by atoms with E-state index in [1.807, 2.05) is 42.5 Å². The van der Waals surface area contributed by atoms with Gasteiger partial charge in [0.1, 0.15) is 0 Å². The summed E-state index contributed by atoms with van der Waals surface area (Å²) in [5.41, 5.74) is 15.5. The van der Waals surface area contributed by atoms with Crippen LogP contribution in [0.2, 0.25) is 0 Å². The second-order valence-electron chi connectivity index (χ2n) is 8.86. The molecule has 1 unspecified atom stereocenters. The molecule has 2 heterocycles. The monoisotopic (exact) mass is 488 g/mol. The minimum Gasteiger partial charge on any atom is -0.351 e. The van der Waals surface area contributed by atoms with Gasteiger partial charge in [0, 0.05) is 55.9 Å². The van der Waals surface area contributed by atoms with Crippen molar-refractivity contribution in [2.24, 2.45) is 11.5 Å². The van der Waals surface area contributed by atoms with Gasteiger partial charge in [0.05, 0.1) is 11.7 Å². The van der Waals surface area contributed by atoms with Crippen LogP contribution in [0.4, 0.5) is 22.1 Å². The molecule has 0 radical (unpaired) electrons. The number of primary amides is 1. The number of piperazine rings is 1. The average Bonchev–Trinajstić information content (AvgIpc) is 2.89. The van der Waals surface area contributed by atoms with Crippen LogP contribution in [0.5, 0.6) is 0 Å². The molecule has 1 saturated heterocycles. The minimum absolute atomic E-state index is 0.231. The number of anilines is 3. The molecule has 1 fully saturated rings. The zero-order valence-electron chi connectivity index (χ0n) is 20.4. The highest BCUT2D eigenvalue weighted by Crippen LogP contribution is 2.22. The van der Waals surface area contributed by atoms with Gasteiger partial charge in [0.25, 0.3) is 0 Å². The molecule has 0 bridgehead atoms. The van der Waals surface area contributed by atoms with E-state index in [4.69, 9.17) is 11.5 Å². The molecule has 10 heteroatoms. The predicted octanol–water partition coefficient (Wildman–Crippen LogP) is 2.41. The number of amides is 3. The van der Waals surface area contributed by atoms with Crippen molar-refractivity contribution >= 4 is 29.3 Å². The standard InChI is InChI=1S/C26H32N8O2/c1-18(27)24(35)30-21-8-4-20(5-9-21)23-10-12-29-26(32-23)31-22-6-2-19(3-7-22)11-13-33-14-16-34(17-15-33)25(28)36/h2-10,12,18H,11,13-17,27H2,1H3,(H2,28,36)(H,30,35)(H,29,31,32). The summed E-state index contributed by atoms with van der Waals surface area (Å²) in [6, 6.07) is 16.6. The Bertz CT molecular complexity index is 1170. The van der Waals surface area contributed by atoms with Crippen molar-refractivity contribution in [2.75, 3.05) is 43.4 Å². The molecule has 3 aromatic rings. The van der Waals surface area contributed by atoms with Gasteiger partial charge >= 0.3 is 6.03 Å². The Labute approximate surface area is 210 Å². The van der Waals surface area contributed by atoms with E-state index in [9.17, 15) is 9.59 Å². The van der Waals surface area contributed by atoms with Crippen molar-refractivity contribution in [3.8, 4) is 11.3 Å². The van der Waals surface area contributed by atoms with Crippen LogP contribution in [-0.4, -0.2) is 70.5 Å². The van der Waals surface area contributed by atoms with Crippen LogP contribution in [0, 0.1) is 0 Å². The van der Waals surface area contributed by atoms with Gasteiger partial charge in [-0.2, -0.15) is 0 Å². The molecule has 0 aliphatic carbocycles. The first-order chi connectivity index (χ1) is 17.4. The van der Waals surface area contributed by atoms with Gasteiger partial charge in [-0.3, -0.25) is 9.69 Å². The van der Waals surface area contributed by atoms with Crippen LogP contribution in [-0.2, 0) is 11.2 Å². The zero-order chi connectivity index (χ0) is 25.5. The Morgan fingerprint density at radius 3 is 2.28 bits per heavy atom. The van der Waals surface area contributed by atoms with Gasteiger partial charge in [-0.1, -0.05) is 24.3 Å². The Hall–Kier alpha value is -4.02. The lowest BCUT2D eigenvalue weighted by atomic mass is 10.1. The molecule has 0 spiro atoms. The number of carbonyl (C=O) groups is 2. The van der Waals surface area contributed by atoms with Crippen molar-refractivity contribution in [1.29, 1.82) is 0 Å². The summed E-state index contributed by atoms with van der Waals surface area (Å²) in [6.45, 7) is 5.65. The average molecular weight is 489 g/mol. The quantitative estimate of drug-likeness (QED) is 0.381. The molecule has 10 nitrogen and oxygen atoms in total. The summed E-state index contributed by atoms with van der Waals surface area (Å²) in [7, 11) is 0. The largest absolute Gasteiger partial charge is 0.351 e. The molecule has 3 amide bonds. The number of benzene rings is 2. The maximum absolute atomic E-state index is 11.8. The first kappa shape index (κ1) is 25.1. The number of nitrogens with one attached hydrogen (secondary N) is 2. The minimum atomic E-state index is -0.570. The molecule has 188 valence electrons. The molecule has 4 rings (SSSR count). The van der Waals surface area contributed by atoms with Gasteiger partial charge in [0.2, 0.25) is 11.9 Å². The molecular weight excluding hydrogens is 456 g/mol. The Balaban J connectivity index is 1.31. The van der Waals surface area contributed by atoms with Gasteiger partial charge in [-0.15, -0.1) is 0 Å². The first-order valence-corrected chi connectivity index (χ1v) is 12.0.